The van der Waals surface area contributed by atoms with Crippen molar-refractivity contribution in [2.24, 2.45) is 0 Å². The summed E-state index contributed by atoms with van der Waals surface area (Å²) in [6, 6.07) is 0.00143. The number of aromatic nitrogens is 3. The number of pyridine rings is 1. The number of ether oxygens (including phenoxy) is 1. The Labute approximate surface area is 130 Å². The highest BCUT2D eigenvalue weighted by Crippen LogP contribution is 2.41. The lowest BCUT2D eigenvalue weighted by Gasteiger charge is -2.30. The van der Waals surface area contributed by atoms with E-state index in [0.717, 1.165) is 6.20 Å². The van der Waals surface area contributed by atoms with E-state index < -0.39 is 23.7 Å². The minimum atomic E-state index is -0.979. The summed E-state index contributed by atoms with van der Waals surface area (Å²) in [6.07, 6.45) is 2.45. The van der Waals surface area contributed by atoms with Crippen molar-refractivity contribution < 1.29 is 17.9 Å². The molecular weight excluding hydrogens is 309 g/mol. The van der Waals surface area contributed by atoms with Gasteiger partial charge in [0.1, 0.15) is 24.5 Å². The molecule has 5 nitrogen and oxygen atoms in total. The minimum absolute atomic E-state index is 0.00143. The van der Waals surface area contributed by atoms with Crippen molar-refractivity contribution in [3.8, 4) is 6.01 Å². The first-order chi connectivity index (χ1) is 11.1. The molecule has 2 aliphatic rings. The molecule has 2 aliphatic heterocycles. The average molecular weight is 324 g/mol. The predicted octanol–water partition coefficient (Wildman–Crippen LogP) is 2.07. The van der Waals surface area contributed by atoms with E-state index in [9.17, 15) is 13.2 Å². The highest BCUT2D eigenvalue weighted by atomic mass is 19.1. The molecule has 0 spiro atoms. The van der Waals surface area contributed by atoms with Crippen molar-refractivity contribution in [1.29, 1.82) is 0 Å². The van der Waals surface area contributed by atoms with Crippen molar-refractivity contribution >= 4 is 10.9 Å². The quantitative estimate of drug-likeness (QED) is 0.865. The summed E-state index contributed by atoms with van der Waals surface area (Å²) in [7, 11) is 0. The maximum absolute atomic E-state index is 13.7. The Morgan fingerprint density at radius 2 is 1.91 bits per heavy atom. The van der Waals surface area contributed by atoms with Gasteiger partial charge in [0.15, 0.2) is 5.82 Å². The van der Waals surface area contributed by atoms with Crippen LogP contribution in [0.25, 0.3) is 10.9 Å². The van der Waals surface area contributed by atoms with E-state index in [-0.39, 0.29) is 44.1 Å². The molecule has 2 aromatic heterocycles. The van der Waals surface area contributed by atoms with Crippen molar-refractivity contribution in [1.82, 2.24) is 19.9 Å². The Hall–Kier alpha value is -1.96. The summed E-state index contributed by atoms with van der Waals surface area (Å²) >= 11 is 0. The van der Waals surface area contributed by atoms with E-state index in [0.29, 0.717) is 5.39 Å². The van der Waals surface area contributed by atoms with Gasteiger partial charge in [-0.05, 0) is 0 Å². The fraction of sp³-hybridized carbons (Fsp3) is 0.533. The van der Waals surface area contributed by atoms with E-state index in [4.69, 9.17) is 4.74 Å². The molecule has 2 fully saturated rings. The Morgan fingerprint density at radius 3 is 2.65 bits per heavy atom. The molecule has 0 saturated carbocycles. The van der Waals surface area contributed by atoms with Gasteiger partial charge in [-0.25, -0.2) is 18.2 Å². The second kappa shape index (κ2) is 5.30. The average Bonchev–Trinajstić information content (AvgIpc) is 2.96. The van der Waals surface area contributed by atoms with Crippen LogP contribution in [0.2, 0.25) is 0 Å². The van der Waals surface area contributed by atoms with Gasteiger partial charge in [0, 0.05) is 43.7 Å². The topological polar surface area (TPSA) is 51.1 Å². The molecule has 2 unspecified atom stereocenters. The van der Waals surface area contributed by atoms with E-state index in [1.807, 2.05) is 0 Å². The molecule has 2 aromatic rings. The molecule has 0 N–H and O–H groups in total. The zero-order valence-corrected chi connectivity index (χ0v) is 12.3. The van der Waals surface area contributed by atoms with E-state index in [2.05, 4.69) is 15.0 Å². The normalized spacial score (nSPS) is 30.7. The molecule has 0 amide bonds. The summed E-state index contributed by atoms with van der Waals surface area (Å²) in [5.74, 6) is -0.566. The molecule has 4 rings (SSSR count). The van der Waals surface area contributed by atoms with Crippen LogP contribution in [0, 0.1) is 5.82 Å². The Balaban J connectivity index is 1.56. The smallest absolute Gasteiger partial charge is 0.317 e. The zero-order valence-electron chi connectivity index (χ0n) is 12.3. The summed E-state index contributed by atoms with van der Waals surface area (Å²) in [5.41, 5.74) is -0.544. The summed E-state index contributed by atoms with van der Waals surface area (Å²) in [6.45, 7) is 0.539. The highest BCUT2D eigenvalue weighted by Gasteiger charge is 2.53. The van der Waals surface area contributed by atoms with Crippen LogP contribution in [0.3, 0.4) is 0 Å². The fourth-order valence-electron chi connectivity index (χ4n) is 3.62. The van der Waals surface area contributed by atoms with Gasteiger partial charge < -0.3 is 4.74 Å². The third kappa shape index (κ3) is 2.50. The minimum Gasteiger partial charge on any atom is -0.461 e. The first-order valence-electron chi connectivity index (χ1n) is 7.48. The third-order valence-electron chi connectivity index (χ3n) is 4.60. The zero-order chi connectivity index (χ0) is 16.0. The Bertz CT molecular complexity index is 730. The van der Waals surface area contributed by atoms with Crippen LogP contribution in [-0.2, 0) is 0 Å². The van der Waals surface area contributed by atoms with Crippen LogP contribution in [0.5, 0.6) is 6.01 Å². The fourth-order valence-corrected chi connectivity index (χ4v) is 3.62. The van der Waals surface area contributed by atoms with Crippen LogP contribution in [0.4, 0.5) is 13.2 Å². The van der Waals surface area contributed by atoms with Gasteiger partial charge in [0.05, 0.1) is 11.7 Å². The first-order valence-corrected chi connectivity index (χ1v) is 7.48. The number of rotatable bonds is 3. The van der Waals surface area contributed by atoms with Crippen LogP contribution >= 0.6 is 0 Å². The number of fused-ring (bicyclic) bond motifs is 2. The second-order valence-electron chi connectivity index (χ2n) is 6.23. The van der Waals surface area contributed by atoms with Crippen molar-refractivity contribution in [3.63, 3.8) is 0 Å². The SMILES string of the molecule is Fc1cncc2cnc(OCC34CC(F)CN3CC(F)C4)nc12. The molecule has 2 atom stereocenters. The van der Waals surface area contributed by atoms with E-state index in [1.165, 1.54) is 12.4 Å². The molecule has 122 valence electrons. The second-order valence-corrected chi connectivity index (χ2v) is 6.23. The lowest BCUT2D eigenvalue weighted by molar-refractivity contribution is 0.107. The molecule has 0 aromatic carbocycles. The van der Waals surface area contributed by atoms with Gasteiger partial charge >= 0.3 is 6.01 Å². The van der Waals surface area contributed by atoms with Crippen molar-refractivity contribution in [2.75, 3.05) is 19.7 Å². The Kier molecular flexibility index (Phi) is 3.37. The molecule has 0 radical (unpaired) electrons. The Morgan fingerprint density at radius 1 is 1.17 bits per heavy atom. The number of hydrogen-bond donors (Lipinski definition) is 0. The standard InChI is InChI=1S/C15H15F3N4O/c16-10-1-15(2-11(17)7-22(15)6-10)8-23-14-20-4-9-3-19-5-12(18)13(9)21-14/h3-5,10-11H,1-2,6-8H2. The van der Waals surface area contributed by atoms with Gasteiger partial charge in [0.25, 0.3) is 0 Å². The van der Waals surface area contributed by atoms with Crippen molar-refractivity contribution in [3.05, 3.63) is 24.4 Å². The molecule has 2 saturated heterocycles. The molecular formula is C15H15F3N4O. The monoisotopic (exact) mass is 324 g/mol. The number of alkyl halides is 2. The van der Waals surface area contributed by atoms with Crippen molar-refractivity contribution in [2.45, 2.75) is 30.7 Å². The van der Waals surface area contributed by atoms with Gasteiger partial charge in [-0.2, -0.15) is 4.98 Å². The van der Waals surface area contributed by atoms with Gasteiger partial charge in [-0.1, -0.05) is 0 Å². The van der Waals surface area contributed by atoms with Gasteiger partial charge in [-0.15, -0.1) is 0 Å². The maximum atomic E-state index is 13.7. The van der Waals surface area contributed by atoms with Gasteiger partial charge in [-0.3, -0.25) is 9.88 Å². The predicted molar refractivity (Wildman–Crippen MR) is 76.1 cm³/mol. The lowest BCUT2D eigenvalue weighted by atomic mass is 9.94. The molecule has 4 heterocycles. The van der Waals surface area contributed by atoms with Crippen LogP contribution in [0.1, 0.15) is 12.8 Å². The summed E-state index contributed by atoms with van der Waals surface area (Å²) < 4.78 is 46.7. The molecule has 0 bridgehead atoms. The lowest BCUT2D eigenvalue weighted by Crippen LogP contribution is -2.43. The number of halogens is 3. The number of hydrogen-bond acceptors (Lipinski definition) is 5. The van der Waals surface area contributed by atoms with E-state index in [1.54, 1.807) is 4.90 Å². The molecule has 0 aliphatic carbocycles. The van der Waals surface area contributed by atoms with E-state index >= 15 is 0 Å². The van der Waals surface area contributed by atoms with Gasteiger partial charge in [0.2, 0.25) is 0 Å². The first kappa shape index (κ1) is 14.6. The number of nitrogens with zero attached hydrogens (tertiary/aromatic N) is 4. The third-order valence-corrected chi connectivity index (χ3v) is 4.60. The largest absolute Gasteiger partial charge is 0.461 e. The highest BCUT2D eigenvalue weighted by molar-refractivity contribution is 5.77. The van der Waals surface area contributed by atoms with Crippen LogP contribution in [0.15, 0.2) is 18.6 Å². The van der Waals surface area contributed by atoms with Crippen LogP contribution < -0.4 is 4.74 Å². The maximum Gasteiger partial charge on any atom is 0.317 e. The molecule has 23 heavy (non-hydrogen) atoms. The van der Waals surface area contributed by atoms with Crippen LogP contribution in [-0.4, -0.2) is 57.4 Å². The summed E-state index contributed by atoms with van der Waals surface area (Å²) in [5, 5.41) is 0.464. The summed E-state index contributed by atoms with van der Waals surface area (Å²) in [4.78, 5) is 13.6. The molecule has 8 heteroatoms.